The third-order valence-electron chi connectivity index (χ3n) is 3.67. The highest BCUT2D eigenvalue weighted by atomic mass is 35.5. The molecule has 0 aliphatic rings. The number of nitrogens with one attached hydrogen (secondary N) is 1. The number of fused-ring (bicyclic) bond motifs is 1. The zero-order valence-electron chi connectivity index (χ0n) is 12.7. The van der Waals surface area contributed by atoms with Crippen LogP contribution in [-0.2, 0) is 18.3 Å². The Hall–Kier alpha value is -2.59. The Kier molecular flexibility index (Phi) is 4.44. The summed E-state index contributed by atoms with van der Waals surface area (Å²) in [6.07, 6.45) is 1.87. The number of para-hydroxylation sites is 1. The number of amides is 1. The maximum atomic E-state index is 12.0. The second-order valence-electron chi connectivity index (χ2n) is 5.28. The molecule has 116 valence electrons. The fraction of sp³-hybridized carbons (Fsp3) is 0.111. The largest absolute Gasteiger partial charge is 0.347 e. The molecule has 0 saturated heterocycles. The molecule has 0 atom stereocenters. The smallest absolute Gasteiger partial charge is 0.245 e. The first kappa shape index (κ1) is 15.3. The van der Waals surface area contributed by atoms with Gasteiger partial charge in [0.2, 0.25) is 5.91 Å². The lowest BCUT2D eigenvalue weighted by molar-refractivity contribution is -0.120. The molecule has 0 spiro atoms. The minimum Gasteiger partial charge on any atom is -0.347 e. The summed E-state index contributed by atoms with van der Waals surface area (Å²) in [5.41, 5.74) is 5.48. The van der Waals surface area contributed by atoms with Crippen molar-refractivity contribution >= 4 is 34.6 Å². The van der Waals surface area contributed by atoms with E-state index in [0.717, 1.165) is 22.2 Å². The summed E-state index contributed by atoms with van der Waals surface area (Å²) < 4.78 is 2.03. The molecule has 0 fully saturated rings. The van der Waals surface area contributed by atoms with Crippen molar-refractivity contribution in [3.63, 3.8) is 0 Å². The number of carbonyl (C=O) groups excluding carboxylic acids is 1. The first-order chi connectivity index (χ1) is 11.1. The van der Waals surface area contributed by atoms with E-state index in [0.29, 0.717) is 5.02 Å². The van der Waals surface area contributed by atoms with E-state index in [2.05, 4.69) is 10.5 Å². The van der Waals surface area contributed by atoms with Gasteiger partial charge < -0.3 is 4.57 Å². The van der Waals surface area contributed by atoms with Crippen LogP contribution in [0.25, 0.3) is 10.9 Å². The monoisotopic (exact) mass is 325 g/mol. The molecule has 3 rings (SSSR count). The third kappa shape index (κ3) is 3.60. The van der Waals surface area contributed by atoms with Gasteiger partial charge in [-0.1, -0.05) is 41.9 Å². The lowest BCUT2D eigenvalue weighted by Crippen LogP contribution is -2.20. The molecule has 0 aliphatic carbocycles. The normalized spacial score (nSPS) is 11.2. The van der Waals surface area contributed by atoms with Crippen molar-refractivity contribution in [3.05, 3.63) is 70.9 Å². The van der Waals surface area contributed by atoms with Crippen LogP contribution in [0.4, 0.5) is 0 Å². The minimum atomic E-state index is -0.152. The van der Waals surface area contributed by atoms with E-state index in [-0.39, 0.29) is 12.3 Å². The average molecular weight is 326 g/mol. The highest BCUT2D eigenvalue weighted by molar-refractivity contribution is 6.30. The molecule has 0 radical (unpaired) electrons. The number of aromatic nitrogens is 1. The standard InChI is InChI=1S/C18H16ClN3O/c1-22-16(10-14-4-2-3-5-17(14)22)11-18(23)21-20-12-13-6-8-15(19)9-7-13/h2-10,12H,11H2,1H3,(H,21,23)/b20-12-. The minimum absolute atomic E-state index is 0.152. The molecule has 0 bridgehead atoms. The van der Waals surface area contributed by atoms with Crippen LogP contribution in [0.3, 0.4) is 0 Å². The summed E-state index contributed by atoms with van der Waals surface area (Å²) in [5, 5.41) is 5.77. The fourth-order valence-electron chi connectivity index (χ4n) is 2.45. The second-order valence-corrected chi connectivity index (χ2v) is 5.71. The molecule has 4 nitrogen and oxygen atoms in total. The van der Waals surface area contributed by atoms with Crippen molar-refractivity contribution in [3.8, 4) is 0 Å². The molecule has 0 aliphatic heterocycles. The van der Waals surface area contributed by atoms with E-state index in [1.54, 1.807) is 18.3 Å². The molecule has 1 aromatic heterocycles. The van der Waals surface area contributed by atoms with E-state index in [4.69, 9.17) is 11.6 Å². The molecule has 23 heavy (non-hydrogen) atoms. The van der Waals surface area contributed by atoms with Gasteiger partial charge >= 0.3 is 0 Å². The summed E-state index contributed by atoms with van der Waals surface area (Å²) in [5.74, 6) is -0.152. The highest BCUT2D eigenvalue weighted by Crippen LogP contribution is 2.18. The molecule has 3 aromatic rings. The molecule has 2 aromatic carbocycles. The topological polar surface area (TPSA) is 46.4 Å². The van der Waals surface area contributed by atoms with Crippen LogP contribution in [-0.4, -0.2) is 16.7 Å². The van der Waals surface area contributed by atoms with Crippen LogP contribution >= 0.6 is 11.6 Å². The van der Waals surface area contributed by atoms with Gasteiger partial charge in [0.1, 0.15) is 0 Å². The van der Waals surface area contributed by atoms with E-state index in [1.807, 2.05) is 54.1 Å². The van der Waals surface area contributed by atoms with Crippen LogP contribution in [0.5, 0.6) is 0 Å². The van der Waals surface area contributed by atoms with Crippen LogP contribution in [0.2, 0.25) is 5.02 Å². The second kappa shape index (κ2) is 6.67. The number of nitrogens with zero attached hydrogens (tertiary/aromatic N) is 2. The molecule has 1 N–H and O–H groups in total. The van der Waals surface area contributed by atoms with Gasteiger partial charge in [-0.15, -0.1) is 0 Å². The number of aryl methyl sites for hydroxylation is 1. The Morgan fingerprint density at radius 3 is 2.70 bits per heavy atom. The average Bonchev–Trinajstić information content (AvgIpc) is 2.86. The maximum absolute atomic E-state index is 12.0. The first-order valence-corrected chi connectivity index (χ1v) is 7.62. The van der Waals surface area contributed by atoms with Crippen molar-refractivity contribution < 1.29 is 4.79 Å². The van der Waals surface area contributed by atoms with Gasteiger partial charge in [-0.3, -0.25) is 4.79 Å². The summed E-state index contributed by atoms with van der Waals surface area (Å²) in [6.45, 7) is 0. The Morgan fingerprint density at radius 2 is 1.96 bits per heavy atom. The van der Waals surface area contributed by atoms with Crippen molar-refractivity contribution in [2.45, 2.75) is 6.42 Å². The van der Waals surface area contributed by atoms with Crippen LogP contribution in [0.15, 0.2) is 59.7 Å². The summed E-state index contributed by atoms with van der Waals surface area (Å²) >= 11 is 5.82. The number of halogens is 1. The Labute approximate surface area is 139 Å². The van der Waals surface area contributed by atoms with Crippen LogP contribution in [0, 0.1) is 0 Å². The summed E-state index contributed by atoms with van der Waals surface area (Å²) in [6, 6.07) is 17.3. The van der Waals surface area contributed by atoms with Crippen LogP contribution in [0.1, 0.15) is 11.3 Å². The van der Waals surface area contributed by atoms with Gasteiger partial charge in [-0.2, -0.15) is 5.10 Å². The lowest BCUT2D eigenvalue weighted by atomic mass is 10.2. The first-order valence-electron chi connectivity index (χ1n) is 7.24. The predicted molar refractivity (Wildman–Crippen MR) is 93.8 cm³/mol. The van der Waals surface area contributed by atoms with E-state index in [9.17, 15) is 4.79 Å². The van der Waals surface area contributed by atoms with E-state index >= 15 is 0 Å². The van der Waals surface area contributed by atoms with E-state index in [1.165, 1.54) is 0 Å². The fourth-order valence-corrected chi connectivity index (χ4v) is 2.57. The molecular formula is C18H16ClN3O. The summed E-state index contributed by atoms with van der Waals surface area (Å²) in [7, 11) is 1.96. The maximum Gasteiger partial charge on any atom is 0.245 e. The summed E-state index contributed by atoms with van der Waals surface area (Å²) in [4.78, 5) is 12.0. The number of rotatable bonds is 4. The zero-order valence-corrected chi connectivity index (χ0v) is 13.4. The van der Waals surface area contributed by atoms with Gasteiger partial charge in [0.25, 0.3) is 0 Å². The number of hydrogen-bond acceptors (Lipinski definition) is 2. The molecule has 0 unspecified atom stereocenters. The van der Waals surface area contributed by atoms with Crippen molar-refractivity contribution in [1.82, 2.24) is 9.99 Å². The third-order valence-corrected chi connectivity index (χ3v) is 3.92. The molecule has 5 heteroatoms. The SMILES string of the molecule is Cn1c(CC(=O)N/N=C\c2ccc(Cl)cc2)cc2ccccc21. The van der Waals surface area contributed by atoms with Crippen LogP contribution < -0.4 is 5.43 Å². The predicted octanol–water partition coefficient (Wildman–Crippen LogP) is 3.52. The van der Waals surface area contributed by atoms with Crippen molar-refractivity contribution in [2.24, 2.45) is 12.1 Å². The van der Waals surface area contributed by atoms with Gasteiger partial charge in [-0.25, -0.2) is 5.43 Å². The quantitative estimate of drug-likeness (QED) is 0.579. The molecule has 0 saturated carbocycles. The Balaban J connectivity index is 1.64. The van der Waals surface area contributed by atoms with Gasteiger partial charge in [-0.05, 0) is 35.2 Å². The number of hydrazone groups is 1. The number of hydrogen-bond donors (Lipinski definition) is 1. The molecular weight excluding hydrogens is 310 g/mol. The van der Waals surface area contributed by atoms with Gasteiger partial charge in [0.05, 0.1) is 12.6 Å². The Morgan fingerprint density at radius 1 is 1.22 bits per heavy atom. The van der Waals surface area contributed by atoms with Crippen molar-refractivity contribution in [1.29, 1.82) is 0 Å². The lowest BCUT2D eigenvalue weighted by Gasteiger charge is -2.03. The molecule has 1 amide bonds. The van der Waals surface area contributed by atoms with Crippen molar-refractivity contribution in [2.75, 3.05) is 0 Å². The Bertz CT molecular complexity index is 866. The highest BCUT2D eigenvalue weighted by Gasteiger charge is 2.09. The molecule has 1 heterocycles. The zero-order chi connectivity index (χ0) is 16.2. The van der Waals surface area contributed by atoms with Gasteiger partial charge in [0, 0.05) is 23.3 Å². The van der Waals surface area contributed by atoms with Gasteiger partial charge in [0.15, 0.2) is 0 Å². The number of benzene rings is 2. The van der Waals surface area contributed by atoms with E-state index < -0.39 is 0 Å². The number of carbonyl (C=O) groups is 1.